The molecule has 1 aromatic carbocycles. The molecule has 7 heteroatoms. The number of urea groups is 1. The van der Waals surface area contributed by atoms with Gasteiger partial charge < -0.3 is 10.6 Å². The van der Waals surface area contributed by atoms with Crippen molar-refractivity contribution in [1.29, 1.82) is 0 Å². The average molecular weight is 332 g/mol. The molecule has 3 aromatic rings. The summed E-state index contributed by atoms with van der Waals surface area (Å²) >= 11 is 1.54. The van der Waals surface area contributed by atoms with E-state index in [1.807, 2.05) is 36.0 Å². The van der Waals surface area contributed by atoms with Gasteiger partial charge >= 0.3 is 6.03 Å². The fraction of sp³-hybridized carbons (Fsp3) is 0.250. The number of nitrogens with one attached hydrogen (secondary N) is 2. The van der Waals surface area contributed by atoms with Gasteiger partial charge in [-0.05, 0) is 31.5 Å². The number of carbonyl (C=O) groups is 1. The van der Waals surface area contributed by atoms with Gasteiger partial charge in [-0.1, -0.05) is 12.1 Å². The number of halogens is 1. The van der Waals surface area contributed by atoms with Crippen molar-refractivity contribution < 1.29 is 9.18 Å². The lowest BCUT2D eigenvalue weighted by molar-refractivity contribution is 0.229. The molecule has 0 bridgehead atoms. The minimum absolute atomic E-state index is 0.296. The Kier molecular flexibility index (Phi) is 4.04. The summed E-state index contributed by atoms with van der Waals surface area (Å²) in [6.45, 7) is 4.08. The molecular formula is C16H17FN4OS. The van der Waals surface area contributed by atoms with Crippen LogP contribution in [0.15, 0.2) is 42.0 Å². The molecule has 0 unspecified atom stereocenters. The Morgan fingerprint density at radius 3 is 2.78 bits per heavy atom. The van der Waals surface area contributed by atoms with E-state index in [9.17, 15) is 9.18 Å². The number of thiazole rings is 1. The Morgan fingerprint density at radius 2 is 2.09 bits per heavy atom. The van der Waals surface area contributed by atoms with Gasteiger partial charge in [0.1, 0.15) is 5.82 Å². The maximum Gasteiger partial charge on any atom is 0.315 e. The lowest BCUT2D eigenvalue weighted by atomic mass is 9.94. The molecule has 0 saturated carbocycles. The standard InChI is InChI=1S/C16H17FN4OS/c1-16(2,11-3-5-12(17)6-4-11)20-14(22)18-9-13-10-21-7-8-23-15(21)19-13/h3-8,10H,9H2,1-2H3,(H2,18,20,22). The molecule has 0 fully saturated rings. The second-order valence-electron chi connectivity index (χ2n) is 5.76. The number of carbonyl (C=O) groups excluding carboxylic acids is 1. The first-order valence-corrected chi connectivity index (χ1v) is 8.05. The highest BCUT2D eigenvalue weighted by atomic mass is 32.1. The molecule has 2 N–H and O–H groups in total. The Bertz CT molecular complexity index is 794. The predicted molar refractivity (Wildman–Crippen MR) is 87.9 cm³/mol. The van der Waals surface area contributed by atoms with Crippen LogP contribution in [0, 0.1) is 5.82 Å². The van der Waals surface area contributed by atoms with Gasteiger partial charge in [0.2, 0.25) is 0 Å². The quantitative estimate of drug-likeness (QED) is 0.770. The molecule has 0 aliphatic rings. The Balaban J connectivity index is 1.59. The summed E-state index contributed by atoms with van der Waals surface area (Å²) in [7, 11) is 0. The van der Waals surface area contributed by atoms with Crippen LogP contribution in [-0.2, 0) is 12.1 Å². The third kappa shape index (κ3) is 3.50. The first kappa shape index (κ1) is 15.5. The lowest BCUT2D eigenvalue weighted by Gasteiger charge is -2.27. The molecule has 0 atom stereocenters. The van der Waals surface area contributed by atoms with Crippen molar-refractivity contribution in [3.8, 4) is 0 Å². The molecule has 120 valence electrons. The van der Waals surface area contributed by atoms with Crippen LogP contribution in [0.1, 0.15) is 25.1 Å². The molecule has 0 aliphatic carbocycles. The summed E-state index contributed by atoms with van der Waals surface area (Å²) in [5.74, 6) is -0.297. The Labute approximate surface area is 137 Å². The van der Waals surface area contributed by atoms with E-state index in [1.54, 1.807) is 23.5 Å². The number of benzene rings is 1. The largest absolute Gasteiger partial charge is 0.332 e. The number of imidazole rings is 1. The van der Waals surface area contributed by atoms with Gasteiger partial charge in [-0.2, -0.15) is 0 Å². The summed E-state index contributed by atoms with van der Waals surface area (Å²) in [5, 5.41) is 7.63. The molecule has 3 rings (SSSR count). The maximum atomic E-state index is 13.0. The highest BCUT2D eigenvalue weighted by molar-refractivity contribution is 7.15. The molecule has 0 aliphatic heterocycles. The minimum Gasteiger partial charge on any atom is -0.332 e. The normalized spacial score (nSPS) is 11.6. The SMILES string of the molecule is CC(C)(NC(=O)NCc1cn2ccsc2n1)c1ccc(F)cc1. The van der Waals surface area contributed by atoms with Crippen LogP contribution < -0.4 is 10.6 Å². The van der Waals surface area contributed by atoms with Gasteiger partial charge in [-0.25, -0.2) is 14.2 Å². The van der Waals surface area contributed by atoms with Crippen molar-refractivity contribution >= 4 is 22.3 Å². The summed E-state index contributed by atoms with van der Waals surface area (Å²) < 4.78 is 14.9. The van der Waals surface area contributed by atoms with Crippen LogP contribution in [0.3, 0.4) is 0 Å². The fourth-order valence-electron chi connectivity index (χ4n) is 2.30. The maximum absolute atomic E-state index is 13.0. The number of hydrogen-bond acceptors (Lipinski definition) is 3. The predicted octanol–water partition coefficient (Wildman–Crippen LogP) is 3.27. The van der Waals surface area contributed by atoms with Crippen LogP contribution in [0.25, 0.3) is 4.96 Å². The highest BCUT2D eigenvalue weighted by Gasteiger charge is 2.22. The van der Waals surface area contributed by atoms with Crippen molar-refractivity contribution in [3.05, 3.63) is 59.1 Å². The van der Waals surface area contributed by atoms with Crippen LogP contribution in [0.5, 0.6) is 0 Å². The van der Waals surface area contributed by atoms with Crippen LogP contribution in [0.4, 0.5) is 9.18 Å². The number of fused-ring (bicyclic) bond motifs is 1. The minimum atomic E-state index is -0.605. The zero-order chi connectivity index (χ0) is 16.4. The van der Waals surface area contributed by atoms with Gasteiger partial charge in [-0.3, -0.25) is 4.40 Å². The molecule has 2 aromatic heterocycles. The van der Waals surface area contributed by atoms with Crippen molar-refractivity contribution in [2.75, 3.05) is 0 Å². The zero-order valence-corrected chi connectivity index (χ0v) is 13.7. The molecule has 2 amide bonds. The third-order valence-electron chi connectivity index (χ3n) is 3.57. The second-order valence-corrected chi connectivity index (χ2v) is 6.64. The lowest BCUT2D eigenvalue weighted by Crippen LogP contribution is -2.46. The zero-order valence-electron chi connectivity index (χ0n) is 12.8. The molecule has 0 spiro atoms. The monoisotopic (exact) mass is 332 g/mol. The van der Waals surface area contributed by atoms with E-state index in [2.05, 4.69) is 15.6 Å². The van der Waals surface area contributed by atoms with Crippen LogP contribution in [0.2, 0.25) is 0 Å². The molecule has 0 radical (unpaired) electrons. The van der Waals surface area contributed by atoms with E-state index >= 15 is 0 Å². The third-order valence-corrected chi connectivity index (χ3v) is 4.34. The Morgan fingerprint density at radius 1 is 1.35 bits per heavy atom. The van der Waals surface area contributed by atoms with E-state index in [-0.39, 0.29) is 11.8 Å². The number of nitrogens with zero attached hydrogens (tertiary/aromatic N) is 2. The smallest absolute Gasteiger partial charge is 0.315 e. The second kappa shape index (κ2) is 6.00. The topological polar surface area (TPSA) is 58.4 Å². The van der Waals surface area contributed by atoms with E-state index in [0.717, 1.165) is 16.2 Å². The summed E-state index contributed by atoms with van der Waals surface area (Å²) in [6, 6.07) is 5.80. The van der Waals surface area contributed by atoms with Crippen LogP contribution in [-0.4, -0.2) is 15.4 Å². The highest BCUT2D eigenvalue weighted by Crippen LogP contribution is 2.20. The summed E-state index contributed by atoms with van der Waals surface area (Å²) in [5.41, 5.74) is 1.02. The molecule has 23 heavy (non-hydrogen) atoms. The van der Waals surface area contributed by atoms with Crippen molar-refractivity contribution in [1.82, 2.24) is 20.0 Å². The van der Waals surface area contributed by atoms with Gasteiger partial charge in [-0.15, -0.1) is 11.3 Å². The molecule has 2 heterocycles. The van der Waals surface area contributed by atoms with Crippen molar-refractivity contribution in [2.24, 2.45) is 0 Å². The first-order chi connectivity index (χ1) is 10.9. The molecule has 0 saturated heterocycles. The van der Waals surface area contributed by atoms with E-state index < -0.39 is 5.54 Å². The number of aromatic nitrogens is 2. The van der Waals surface area contributed by atoms with Crippen molar-refractivity contribution in [3.63, 3.8) is 0 Å². The van der Waals surface area contributed by atoms with Gasteiger partial charge in [0, 0.05) is 17.8 Å². The first-order valence-electron chi connectivity index (χ1n) is 7.17. The number of rotatable bonds is 4. The fourth-order valence-corrected chi connectivity index (χ4v) is 3.02. The summed E-state index contributed by atoms with van der Waals surface area (Å²) in [6.07, 6.45) is 3.81. The Hall–Kier alpha value is -2.41. The number of hydrogen-bond donors (Lipinski definition) is 2. The van der Waals surface area contributed by atoms with Gasteiger partial charge in [0.15, 0.2) is 4.96 Å². The van der Waals surface area contributed by atoms with Crippen LogP contribution >= 0.6 is 11.3 Å². The molecular weight excluding hydrogens is 315 g/mol. The van der Waals surface area contributed by atoms with E-state index in [4.69, 9.17) is 0 Å². The van der Waals surface area contributed by atoms with E-state index in [0.29, 0.717) is 6.54 Å². The molecule has 5 nitrogen and oxygen atoms in total. The van der Waals surface area contributed by atoms with Gasteiger partial charge in [0.05, 0.1) is 17.8 Å². The van der Waals surface area contributed by atoms with Gasteiger partial charge in [0.25, 0.3) is 0 Å². The average Bonchev–Trinajstić information content (AvgIpc) is 3.06. The number of amides is 2. The van der Waals surface area contributed by atoms with E-state index in [1.165, 1.54) is 12.1 Å². The summed E-state index contributed by atoms with van der Waals surface area (Å²) in [4.78, 5) is 17.4. The van der Waals surface area contributed by atoms with Crippen molar-refractivity contribution in [2.45, 2.75) is 25.9 Å².